The molecule has 5 aromatic rings. The van der Waals surface area contributed by atoms with Crippen LogP contribution >= 0.6 is 11.8 Å². The molecule has 1 fully saturated rings. The van der Waals surface area contributed by atoms with Gasteiger partial charge in [0, 0.05) is 41.3 Å². The molecular weight excluding hydrogens is 560 g/mol. The zero-order chi connectivity index (χ0) is 29.8. The van der Waals surface area contributed by atoms with E-state index >= 15 is 0 Å². The lowest BCUT2D eigenvalue weighted by molar-refractivity contribution is -0.384. The Morgan fingerprint density at radius 2 is 1.72 bits per heavy atom. The van der Waals surface area contributed by atoms with E-state index < -0.39 is 4.92 Å². The third-order valence-electron chi connectivity index (χ3n) is 7.17. The second kappa shape index (κ2) is 12.4. The highest BCUT2D eigenvalue weighted by molar-refractivity contribution is 8.18. The number of non-ortho nitro benzene ring substituents is 1. The lowest BCUT2D eigenvalue weighted by Crippen LogP contribution is -2.31. The molecule has 0 bridgehead atoms. The first-order valence-corrected chi connectivity index (χ1v) is 14.6. The number of amides is 1. The Balaban J connectivity index is 1.28. The molecule has 1 aliphatic heterocycles. The minimum Gasteiger partial charge on any atom is -0.488 e. The highest BCUT2D eigenvalue weighted by atomic mass is 32.2. The summed E-state index contributed by atoms with van der Waals surface area (Å²) in [6, 6.07) is 29.9. The maximum Gasteiger partial charge on any atom is 0.269 e. The number of rotatable bonds is 9. The average molecular weight is 589 g/mol. The van der Waals surface area contributed by atoms with Crippen LogP contribution in [0.2, 0.25) is 0 Å². The summed E-state index contributed by atoms with van der Waals surface area (Å²) in [4.78, 5) is 34.7. The fourth-order valence-corrected chi connectivity index (χ4v) is 5.85. The predicted molar refractivity (Wildman–Crippen MR) is 171 cm³/mol. The van der Waals surface area contributed by atoms with Crippen molar-refractivity contribution in [1.82, 2.24) is 9.88 Å². The van der Waals surface area contributed by atoms with E-state index in [4.69, 9.17) is 9.73 Å². The summed E-state index contributed by atoms with van der Waals surface area (Å²) < 4.78 is 6.16. The van der Waals surface area contributed by atoms with Crippen LogP contribution in [0.4, 0.5) is 11.4 Å². The minimum atomic E-state index is -0.447. The van der Waals surface area contributed by atoms with Crippen LogP contribution in [0.1, 0.15) is 22.3 Å². The van der Waals surface area contributed by atoms with Gasteiger partial charge in [0.15, 0.2) is 5.17 Å². The van der Waals surface area contributed by atoms with Crippen molar-refractivity contribution in [3.63, 3.8) is 0 Å². The molecule has 1 N–H and O–H groups in total. The minimum absolute atomic E-state index is 0.0156. The van der Waals surface area contributed by atoms with Crippen molar-refractivity contribution in [2.75, 3.05) is 6.54 Å². The molecule has 43 heavy (non-hydrogen) atoms. The fourth-order valence-electron chi connectivity index (χ4n) is 4.84. The van der Waals surface area contributed by atoms with Gasteiger partial charge in [-0.25, -0.2) is 4.99 Å². The number of aliphatic imine (C=N–C) groups is 1. The Hall–Kier alpha value is -5.15. The summed E-state index contributed by atoms with van der Waals surface area (Å²) in [5, 5.41) is 12.8. The van der Waals surface area contributed by atoms with Gasteiger partial charge in [-0.2, -0.15) is 0 Å². The lowest BCUT2D eigenvalue weighted by atomic mass is 10.1. The van der Waals surface area contributed by atoms with Gasteiger partial charge in [-0.15, -0.1) is 0 Å². The van der Waals surface area contributed by atoms with Crippen LogP contribution in [-0.4, -0.2) is 32.4 Å². The van der Waals surface area contributed by atoms with E-state index in [0.717, 1.165) is 27.6 Å². The summed E-state index contributed by atoms with van der Waals surface area (Å²) in [6.45, 7) is 2.87. The third-order valence-corrected chi connectivity index (χ3v) is 8.18. The van der Waals surface area contributed by atoms with Gasteiger partial charge in [-0.05, 0) is 66.6 Å². The number of aryl methyl sites for hydroxylation is 1. The second-order valence-electron chi connectivity index (χ2n) is 10.2. The normalized spacial score (nSPS) is 15.1. The number of ether oxygens (including phenoxy) is 1. The highest BCUT2D eigenvalue weighted by Gasteiger charge is 2.33. The molecule has 0 aliphatic carbocycles. The number of nitrogens with one attached hydrogen (secondary N) is 1. The molecule has 1 saturated heterocycles. The van der Waals surface area contributed by atoms with E-state index in [1.54, 1.807) is 17.0 Å². The van der Waals surface area contributed by atoms with Gasteiger partial charge in [0.25, 0.3) is 11.6 Å². The Kier molecular flexibility index (Phi) is 8.06. The van der Waals surface area contributed by atoms with E-state index in [2.05, 4.69) is 23.2 Å². The number of H-pyrrole nitrogens is 1. The monoisotopic (exact) mass is 588 g/mol. The molecule has 4 aromatic carbocycles. The van der Waals surface area contributed by atoms with Crippen LogP contribution < -0.4 is 4.74 Å². The summed E-state index contributed by atoms with van der Waals surface area (Å²) >= 11 is 1.28. The number of hydrogen-bond donors (Lipinski definition) is 1. The second-order valence-corrected chi connectivity index (χ2v) is 11.2. The van der Waals surface area contributed by atoms with Crippen molar-refractivity contribution in [2.24, 2.45) is 4.99 Å². The quantitative estimate of drug-likeness (QED) is 0.108. The van der Waals surface area contributed by atoms with Crippen LogP contribution in [0.5, 0.6) is 5.75 Å². The first-order valence-electron chi connectivity index (χ1n) is 13.8. The van der Waals surface area contributed by atoms with Crippen molar-refractivity contribution >= 4 is 51.2 Å². The third kappa shape index (κ3) is 6.37. The van der Waals surface area contributed by atoms with Crippen LogP contribution in [0.3, 0.4) is 0 Å². The smallest absolute Gasteiger partial charge is 0.269 e. The molecule has 1 aromatic heterocycles. The van der Waals surface area contributed by atoms with Crippen molar-refractivity contribution in [3.8, 4) is 5.75 Å². The molecule has 2 heterocycles. The van der Waals surface area contributed by atoms with Crippen molar-refractivity contribution < 1.29 is 14.5 Å². The number of nitro benzene ring substituents is 1. The van der Waals surface area contributed by atoms with Crippen molar-refractivity contribution in [1.29, 1.82) is 0 Å². The summed E-state index contributed by atoms with van der Waals surface area (Å²) in [6.07, 6.45) is 4.44. The standard InChI is InChI=1S/C34H28N4O4S/c1-23-10-12-24(13-11-23)22-42-31-9-5-2-6-25(31)20-32-33(39)37(19-18-26-21-35-30-8-4-3-7-29(26)30)34(43-32)36-27-14-16-28(17-15-27)38(40)41/h2-17,20-21,35H,18-19,22H2,1H3/b32-20-,36-34?. The predicted octanol–water partition coefficient (Wildman–Crippen LogP) is 7.81. The number of carbonyl (C=O) groups excluding carboxylic acids is 1. The molecule has 0 saturated carbocycles. The molecule has 214 valence electrons. The number of fused-ring (bicyclic) bond motifs is 1. The van der Waals surface area contributed by atoms with Gasteiger partial charge in [0.05, 0.1) is 15.5 Å². The summed E-state index contributed by atoms with van der Waals surface area (Å²) in [5.41, 5.74) is 5.70. The van der Waals surface area contributed by atoms with E-state index in [9.17, 15) is 14.9 Å². The molecule has 0 unspecified atom stereocenters. The number of aromatic amines is 1. The molecule has 8 nitrogen and oxygen atoms in total. The zero-order valence-corrected chi connectivity index (χ0v) is 24.2. The lowest BCUT2D eigenvalue weighted by Gasteiger charge is -2.15. The molecule has 6 rings (SSSR count). The molecule has 0 radical (unpaired) electrons. The van der Waals surface area contributed by atoms with Crippen molar-refractivity contribution in [3.05, 3.63) is 141 Å². The van der Waals surface area contributed by atoms with Gasteiger partial charge in [-0.3, -0.25) is 19.8 Å². The zero-order valence-electron chi connectivity index (χ0n) is 23.4. The number of nitro groups is 1. The number of carbonyl (C=O) groups is 1. The number of hydrogen-bond acceptors (Lipinski definition) is 6. The molecule has 0 atom stereocenters. The van der Waals surface area contributed by atoms with E-state index in [-0.39, 0.29) is 11.6 Å². The number of nitrogens with zero attached hydrogens (tertiary/aromatic N) is 3. The summed E-state index contributed by atoms with van der Waals surface area (Å²) in [7, 11) is 0. The van der Waals surface area contributed by atoms with Gasteiger partial charge < -0.3 is 9.72 Å². The number of benzene rings is 4. The van der Waals surface area contributed by atoms with E-state index in [0.29, 0.717) is 41.1 Å². The van der Waals surface area contributed by atoms with Gasteiger partial charge in [0.1, 0.15) is 12.4 Å². The molecule has 0 spiro atoms. The first kappa shape index (κ1) is 28.0. The first-order chi connectivity index (χ1) is 20.9. The van der Waals surface area contributed by atoms with E-state index in [1.807, 2.05) is 73.8 Å². The van der Waals surface area contributed by atoms with Crippen molar-refractivity contribution in [2.45, 2.75) is 20.0 Å². The number of amidine groups is 1. The Morgan fingerprint density at radius 3 is 2.51 bits per heavy atom. The Morgan fingerprint density at radius 1 is 0.977 bits per heavy atom. The van der Waals surface area contributed by atoms with Crippen LogP contribution in [0, 0.1) is 17.0 Å². The largest absolute Gasteiger partial charge is 0.488 e. The maximum absolute atomic E-state index is 13.8. The van der Waals surface area contributed by atoms with E-state index in [1.165, 1.54) is 29.5 Å². The van der Waals surface area contributed by atoms with Crippen LogP contribution in [-0.2, 0) is 17.8 Å². The summed E-state index contributed by atoms with van der Waals surface area (Å²) in [5.74, 6) is 0.522. The molecule has 1 aliphatic rings. The average Bonchev–Trinajstić information content (AvgIpc) is 3.56. The number of para-hydroxylation sites is 2. The van der Waals surface area contributed by atoms with Crippen LogP contribution in [0.15, 0.2) is 113 Å². The van der Waals surface area contributed by atoms with Gasteiger partial charge >= 0.3 is 0 Å². The molecular formula is C34H28N4O4S. The van der Waals surface area contributed by atoms with Gasteiger partial charge in [0.2, 0.25) is 0 Å². The fraction of sp³-hybridized carbons (Fsp3) is 0.118. The maximum atomic E-state index is 13.8. The number of aromatic nitrogens is 1. The molecule has 9 heteroatoms. The number of thioether (sulfide) groups is 1. The Labute approximate surface area is 252 Å². The van der Waals surface area contributed by atoms with Crippen LogP contribution in [0.25, 0.3) is 17.0 Å². The topological polar surface area (TPSA) is 101 Å². The SMILES string of the molecule is Cc1ccc(COc2ccccc2/C=C2\SC(=Nc3ccc([N+](=O)[O-])cc3)N(CCc3c[nH]c4ccccc34)C2=O)cc1. The Bertz CT molecular complexity index is 1860. The molecule has 1 amide bonds. The van der Waals surface area contributed by atoms with Gasteiger partial charge in [-0.1, -0.05) is 66.2 Å². The highest BCUT2D eigenvalue weighted by Crippen LogP contribution is 2.36.